The van der Waals surface area contributed by atoms with Crippen LogP contribution >= 0.6 is 12.4 Å². The van der Waals surface area contributed by atoms with Gasteiger partial charge in [0.1, 0.15) is 0 Å². The summed E-state index contributed by atoms with van der Waals surface area (Å²) in [6.07, 6.45) is 0. The molecule has 0 saturated carbocycles. The molecule has 1 saturated heterocycles. The molecular weight excluding hydrogens is 226 g/mol. The largest absolute Gasteiger partial charge is 0.353 e. The van der Waals surface area contributed by atoms with Crippen molar-refractivity contribution in [1.29, 1.82) is 0 Å². The zero-order valence-corrected chi connectivity index (χ0v) is 11.4. The average Bonchev–Trinajstić information content (AvgIpc) is 2.10. The van der Waals surface area contributed by atoms with E-state index in [4.69, 9.17) is 0 Å². The number of halogens is 1. The van der Waals surface area contributed by atoms with Gasteiger partial charge in [0.15, 0.2) is 0 Å². The summed E-state index contributed by atoms with van der Waals surface area (Å²) in [5.41, 5.74) is 0. The van der Waals surface area contributed by atoms with Gasteiger partial charge in [-0.1, -0.05) is 0 Å². The fourth-order valence-corrected chi connectivity index (χ4v) is 2.02. The van der Waals surface area contributed by atoms with E-state index >= 15 is 0 Å². The van der Waals surface area contributed by atoms with Gasteiger partial charge >= 0.3 is 0 Å². The molecule has 0 radical (unpaired) electrons. The summed E-state index contributed by atoms with van der Waals surface area (Å²) in [6.45, 7) is 10.8. The Kier molecular flexibility index (Phi) is 6.95. The Hall–Kier alpha value is -0.320. The summed E-state index contributed by atoms with van der Waals surface area (Å²) in [6, 6.07) is 1.10. The van der Waals surface area contributed by atoms with Crippen molar-refractivity contribution in [2.24, 2.45) is 0 Å². The Labute approximate surface area is 105 Å². The summed E-state index contributed by atoms with van der Waals surface area (Å²) in [5.74, 6) is 0.130. The molecule has 16 heavy (non-hydrogen) atoms. The lowest BCUT2D eigenvalue weighted by Crippen LogP contribution is -2.57. The lowest BCUT2D eigenvalue weighted by atomic mass is 10.1. The Balaban J connectivity index is 0.00000225. The lowest BCUT2D eigenvalue weighted by molar-refractivity contribution is -0.124. The molecule has 1 rings (SSSR count). The second-order valence-electron chi connectivity index (χ2n) is 4.75. The van der Waals surface area contributed by atoms with Gasteiger partial charge in [-0.05, 0) is 27.7 Å². The van der Waals surface area contributed by atoms with Crippen molar-refractivity contribution in [3.8, 4) is 0 Å². The van der Waals surface area contributed by atoms with Gasteiger partial charge in [-0.2, -0.15) is 0 Å². The van der Waals surface area contributed by atoms with Crippen LogP contribution in [0.2, 0.25) is 0 Å². The van der Waals surface area contributed by atoms with Crippen LogP contribution in [0.3, 0.4) is 0 Å². The van der Waals surface area contributed by atoms with Crippen LogP contribution in [-0.4, -0.2) is 48.6 Å². The molecule has 0 aromatic heterocycles. The van der Waals surface area contributed by atoms with Gasteiger partial charge in [-0.25, -0.2) is 0 Å². The smallest absolute Gasteiger partial charge is 0.234 e. The summed E-state index contributed by atoms with van der Waals surface area (Å²) in [5, 5.41) is 6.29. The minimum atomic E-state index is 0. The van der Waals surface area contributed by atoms with Crippen molar-refractivity contribution in [3.05, 3.63) is 0 Å². The van der Waals surface area contributed by atoms with Crippen molar-refractivity contribution in [3.63, 3.8) is 0 Å². The van der Waals surface area contributed by atoms with Crippen LogP contribution < -0.4 is 10.6 Å². The number of piperazine rings is 1. The maximum Gasteiger partial charge on any atom is 0.234 e. The van der Waals surface area contributed by atoms with Crippen molar-refractivity contribution in [2.75, 3.05) is 19.6 Å². The molecule has 1 heterocycles. The third kappa shape index (κ3) is 4.68. The molecule has 2 N–H and O–H groups in total. The van der Waals surface area contributed by atoms with E-state index in [1.54, 1.807) is 0 Å². The van der Waals surface area contributed by atoms with E-state index < -0.39 is 0 Å². The van der Waals surface area contributed by atoms with Crippen molar-refractivity contribution in [2.45, 2.75) is 45.8 Å². The quantitative estimate of drug-likeness (QED) is 0.771. The van der Waals surface area contributed by atoms with Crippen LogP contribution in [0.25, 0.3) is 0 Å². The summed E-state index contributed by atoms with van der Waals surface area (Å²) >= 11 is 0. The summed E-state index contributed by atoms with van der Waals surface area (Å²) < 4.78 is 0. The van der Waals surface area contributed by atoms with Gasteiger partial charge in [0.2, 0.25) is 5.91 Å². The molecule has 1 fully saturated rings. The number of nitrogens with one attached hydrogen (secondary N) is 2. The fraction of sp³-hybridized carbons (Fsp3) is 0.909. The number of amides is 1. The first-order chi connectivity index (χ1) is 7.00. The minimum Gasteiger partial charge on any atom is -0.353 e. The maximum absolute atomic E-state index is 11.6. The number of rotatable bonds is 3. The highest BCUT2D eigenvalue weighted by molar-refractivity contribution is 5.85. The molecular formula is C11H24ClN3O. The van der Waals surface area contributed by atoms with Crippen LogP contribution in [0.4, 0.5) is 0 Å². The predicted octanol–water partition coefficient (Wildman–Crippen LogP) is 0.615. The summed E-state index contributed by atoms with van der Waals surface area (Å²) in [7, 11) is 0. The molecule has 1 amide bonds. The molecule has 0 aliphatic carbocycles. The highest BCUT2D eigenvalue weighted by Gasteiger charge is 2.25. The van der Waals surface area contributed by atoms with Crippen LogP contribution in [0, 0.1) is 0 Å². The minimum absolute atomic E-state index is 0. The number of hydrogen-bond acceptors (Lipinski definition) is 3. The second-order valence-corrected chi connectivity index (χ2v) is 4.75. The topological polar surface area (TPSA) is 44.4 Å². The zero-order chi connectivity index (χ0) is 11.4. The molecule has 96 valence electrons. The number of carbonyl (C=O) groups excluding carboxylic acids is 1. The first-order valence-corrected chi connectivity index (χ1v) is 5.76. The molecule has 2 atom stereocenters. The number of nitrogens with zero attached hydrogens (tertiary/aromatic N) is 1. The van der Waals surface area contributed by atoms with Crippen LogP contribution in [0.15, 0.2) is 0 Å². The molecule has 5 heteroatoms. The molecule has 1 aliphatic rings. The van der Waals surface area contributed by atoms with Crippen LogP contribution in [0.5, 0.6) is 0 Å². The SMILES string of the molecule is CC(C)NC(=O)CN1[C@H](C)CNC[C@@H]1C.Cl. The highest BCUT2D eigenvalue weighted by Crippen LogP contribution is 2.08. The Morgan fingerprint density at radius 2 is 1.88 bits per heavy atom. The van der Waals surface area contributed by atoms with Crippen molar-refractivity contribution < 1.29 is 4.79 Å². The molecule has 4 nitrogen and oxygen atoms in total. The fourth-order valence-electron chi connectivity index (χ4n) is 2.02. The highest BCUT2D eigenvalue weighted by atomic mass is 35.5. The van der Waals surface area contributed by atoms with Gasteiger partial charge in [0, 0.05) is 31.2 Å². The third-order valence-electron chi connectivity index (χ3n) is 2.79. The lowest BCUT2D eigenvalue weighted by Gasteiger charge is -2.38. The Morgan fingerprint density at radius 1 is 1.38 bits per heavy atom. The second kappa shape index (κ2) is 7.09. The zero-order valence-electron chi connectivity index (χ0n) is 10.6. The third-order valence-corrected chi connectivity index (χ3v) is 2.79. The predicted molar refractivity (Wildman–Crippen MR) is 69.0 cm³/mol. The Bertz CT molecular complexity index is 213. The molecule has 0 spiro atoms. The first-order valence-electron chi connectivity index (χ1n) is 5.76. The Morgan fingerprint density at radius 3 is 2.31 bits per heavy atom. The van der Waals surface area contributed by atoms with E-state index in [0.29, 0.717) is 18.6 Å². The van der Waals surface area contributed by atoms with E-state index in [9.17, 15) is 4.79 Å². The average molecular weight is 250 g/mol. The molecule has 1 aliphatic heterocycles. The maximum atomic E-state index is 11.6. The molecule has 0 aromatic carbocycles. The number of hydrogen-bond donors (Lipinski definition) is 2. The van der Waals surface area contributed by atoms with E-state index in [1.807, 2.05) is 13.8 Å². The van der Waals surface area contributed by atoms with Crippen molar-refractivity contribution >= 4 is 18.3 Å². The van der Waals surface area contributed by atoms with E-state index in [0.717, 1.165) is 13.1 Å². The van der Waals surface area contributed by atoms with Gasteiger partial charge in [-0.3, -0.25) is 9.69 Å². The van der Waals surface area contributed by atoms with Gasteiger partial charge in [-0.15, -0.1) is 12.4 Å². The van der Waals surface area contributed by atoms with Crippen LogP contribution in [-0.2, 0) is 4.79 Å². The van der Waals surface area contributed by atoms with E-state index in [1.165, 1.54) is 0 Å². The van der Waals surface area contributed by atoms with E-state index in [2.05, 4.69) is 29.4 Å². The standard InChI is InChI=1S/C11H23N3O.ClH/c1-8(2)13-11(15)7-14-9(3)5-12-6-10(14)4;/h8-10,12H,5-7H2,1-4H3,(H,13,15);1H/t9-,10+;. The van der Waals surface area contributed by atoms with Gasteiger partial charge in [0.05, 0.1) is 6.54 Å². The first kappa shape index (κ1) is 15.7. The molecule has 0 unspecified atom stereocenters. The van der Waals surface area contributed by atoms with Gasteiger partial charge in [0.25, 0.3) is 0 Å². The van der Waals surface area contributed by atoms with E-state index in [-0.39, 0.29) is 24.4 Å². The summed E-state index contributed by atoms with van der Waals surface area (Å²) in [4.78, 5) is 13.9. The normalized spacial score (nSPS) is 26.3. The number of carbonyl (C=O) groups is 1. The van der Waals surface area contributed by atoms with Gasteiger partial charge < -0.3 is 10.6 Å². The van der Waals surface area contributed by atoms with Crippen LogP contribution in [0.1, 0.15) is 27.7 Å². The molecule has 0 aromatic rings. The van der Waals surface area contributed by atoms with Crippen molar-refractivity contribution in [1.82, 2.24) is 15.5 Å². The molecule has 0 bridgehead atoms. The monoisotopic (exact) mass is 249 g/mol.